The third-order valence-corrected chi connectivity index (χ3v) is 7.52. The number of fused-ring (bicyclic) bond motifs is 1. The molecule has 1 fully saturated rings. The van der Waals surface area contributed by atoms with Crippen LogP contribution in [0.15, 0.2) is 83.8 Å². The van der Waals surface area contributed by atoms with Gasteiger partial charge in [0.05, 0.1) is 0 Å². The Morgan fingerprint density at radius 3 is 2.10 bits per heavy atom. The highest BCUT2D eigenvalue weighted by Crippen LogP contribution is 2.40. The van der Waals surface area contributed by atoms with E-state index in [2.05, 4.69) is 90.7 Å². The van der Waals surface area contributed by atoms with E-state index >= 15 is 0 Å². The van der Waals surface area contributed by atoms with Crippen LogP contribution in [0.1, 0.15) is 42.5 Å². The Morgan fingerprint density at radius 1 is 0.759 bits per heavy atom. The van der Waals surface area contributed by atoms with Gasteiger partial charge in [-0.2, -0.15) is 0 Å². The Labute approximate surface area is 178 Å². The predicted molar refractivity (Wildman–Crippen MR) is 125 cm³/mol. The van der Waals surface area contributed by atoms with Crippen LogP contribution in [0.25, 0.3) is 16.0 Å². The van der Waals surface area contributed by atoms with Crippen molar-refractivity contribution in [2.45, 2.75) is 37.1 Å². The van der Waals surface area contributed by atoms with Crippen LogP contribution in [-0.2, 0) is 6.42 Å². The van der Waals surface area contributed by atoms with Gasteiger partial charge in [0.25, 0.3) is 0 Å². The maximum atomic E-state index is 2.59. The highest BCUT2D eigenvalue weighted by molar-refractivity contribution is 8.08. The molecule has 0 bridgehead atoms. The van der Waals surface area contributed by atoms with E-state index in [1.165, 1.54) is 63.5 Å². The van der Waals surface area contributed by atoms with Crippen LogP contribution < -0.4 is 0 Å². The molecule has 3 aromatic rings. The molecule has 1 nitrogen and oxygen atoms in total. The van der Waals surface area contributed by atoms with Crippen molar-refractivity contribution in [2.75, 3.05) is 13.1 Å². The zero-order chi connectivity index (χ0) is 19.6. The molecule has 1 unspecified atom stereocenters. The molecule has 1 saturated heterocycles. The Hall–Kier alpha value is -2.29. The molecule has 1 atom stereocenters. The minimum atomic E-state index is 0.520. The van der Waals surface area contributed by atoms with Gasteiger partial charge in [-0.25, -0.2) is 0 Å². The molecule has 5 rings (SSSR count). The van der Waals surface area contributed by atoms with E-state index < -0.39 is 0 Å². The first-order valence-electron chi connectivity index (χ1n) is 10.7. The lowest BCUT2D eigenvalue weighted by atomic mass is 9.99. The Balaban J connectivity index is 1.31. The van der Waals surface area contributed by atoms with Crippen molar-refractivity contribution in [3.8, 4) is 11.1 Å². The molecule has 3 aromatic carbocycles. The molecule has 0 amide bonds. The summed E-state index contributed by atoms with van der Waals surface area (Å²) < 4.78 is 0. The van der Waals surface area contributed by atoms with Crippen molar-refractivity contribution < 1.29 is 0 Å². The van der Waals surface area contributed by atoms with Crippen LogP contribution in [0.3, 0.4) is 0 Å². The van der Waals surface area contributed by atoms with E-state index in [0.717, 1.165) is 6.42 Å². The van der Waals surface area contributed by atoms with Crippen molar-refractivity contribution >= 4 is 16.7 Å². The van der Waals surface area contributed by atoms with Gasteiger partial charge in [0.2, 0.25) is 0 Å². The molecule has 2 aliphatic heterocycles. The van der Waals surface area contributed by atoms with E-state index in [4.69, 9.17) is 0 Å². The highest BCUT2D eigenvalue weighted by atomic mass is 32.2. The lowest BCUT2D eigenvalue weighted by Crippen LogP contribution is -2.23. The number of rotatable bonds is 4. The number of likely N-dealkylation sites (tertiary alicyclic amines) is 1. The zero-order valence-corrected chi connectivity index (χ0v) is 17.8. The number of allylic oxidation sites excluding steroid dienone is 1. The van der Waals surface area contributed by atoms with E-state index in [1.54, 1.807) is 0 Å². The summed E-state index contributed by atoms with van der Waals surface area (Å²) in [5, 5.41) is 0. The van der Waals surface area contributed by atoms with Crippen LogP contribution in [0, 0.1) is 0 Å². The summed E-state index contributed by atoms with van der Waals surface area (Å²) in [6.45, 7) is 4.81. The van der Waals surface area contributed by atoms with Gasteiger partial charge in [0.1, 0.15) is 0 Å². The fraction of sp³-hybridized carbons (Fsp3) is 0.259. The summed E-state index contributed by atoms with van der Waals surface area (Å²) in [6, 6.07) is 27.5. The van der Waals surface area contributed by atoms with Gasteiger partial charge in [-0.1, -0.05) is 84.6 Å². The maximum absolute atomic E-state index is 2.59. The van der Waals surface area contributed by atoms with Crippen molar-refractivity contribution in [1.29, 1.82) is 0 Å². The molecule has 0 spiro atoms. The van der Waals surface area contributed by atoms with E-state index in [9.17, 15) is 0 Å². The predicted octanol–water partition coefficient (Wildman–Crippen LogP) is 7.20. The summed E-state index contributed by atoms with van der Waals surface area (Å²) in [6.07, 6.45) is 6.07. The van der Waals surface area contributed by atoms with Crippen molar-refractivity contribution in [1.82, 2.24) is 4.90 Å². The minimum absolute atomic E-state index is 0.520. The molecule has 2 heteroatoms. The molecule has 0 saturated carbocycles. The topological polar surface area (TPSA) is 3.24 Å². The maximum Gasteiger partial charge on any atom is 0.0319 e. The molecule has 0 radical (unpaired) electrons. The monoisotopic (exact) mass is 397 g/mol. The largest absolute Gasteiger partial charge is 0.297 e. The summed E-state index contributed by atoms with van der Waals surface area (Å²) in [7, 11) is 0. The third-order valence-electron chi connectivity index (χ3n) is 6.28. The first-order valence-corrected chi connectivity index (χ1v) is 11.5. The number of hydrogen-bond donors (Lipinski definition) is 0. The van der Waals surface area contributed by atoms with Crippen LogP contribution in [0.5, 0.6) is 0 Å². The summed E-state index contributed by atoms with van der Waals surface area (Å²) in [4.78, 5) is 5.35. The fourth-order valence-electron chi connectivity index (χ4n) is 4.43. The van der Waals surface area contributed by atoms with Crippen molar-refractivity contribution in [3.63, 3.8) is 0 Å². The second kappa shape index (κ2) is 8.22. The van der Waals surface area contributed by atoms with Crippen LogP contribution in [0.2, 0.25) is 0 Å². The summed E-state index contributed by atoms with van der Waals surface area (Å²) in [5.74, 6) is 0. The van der Waals surface area contributed by atoms with Crippen molar-refractivity contribution in [2.24, 2.45) is 0 Å². The SMILES string of the molecule is CC(c1ccc(-c2ccc(C3=CCc4ccccc4S3)cc2)cc1)N1CCCC1. The molecule has 0 aliphatic carbocycles. The third kappa shape index (κ3) is 3.92. The smallest absolute Gasteiger partial charge is 0.0319 e. The lowest BCUT2D eigenvalue weighted by Gasteiger charge is -2.24. The standard InChI is InChI=1S/C27H27NS/c1-20(28-18-4-5-19-28)21-8-10-22(11-9-21)23-12-14-25(15-13-23)27-17-16-24-6-2-3-7-26(24)29-27/h2-3,6-15,17,20H,4-5,16,18-19H2,1H3. The van der Waals surface area contributed by atoms with Gasteiger partial charge < -0.3 is 0 Å². The van der Waals surface area contributed by atoms with Crippen LogP contribution in [0.4, 0.5) is 0 Å². The number of benzene rings is 3. The minimum Gasteiger partial charge on any atom is -0.297 e. The number of nitrogens with zero attached hydrogens (tertiary/aromatic N) is 1. The molecule has 29 heavy (non-hydrogen) atoms. The molecule has 2 aliphatic rings. The highest BCUT2D eigenvalue weighted by Gasteiger charge is 2.19. The Bertz CT molecular complexity index is 1010. The molecule has 0 N–H and O–H groups in total. The first kappa shape index (κ1) is 18.7. The van der Waals surface area contributed by atoms with Gasteiger partial charge >= 0.3 is 0 Å². The average molecular weight is 398 g/mol. The van der Waals surface area contributed by atoms with Gasteiger partial charge in [-0.15, -0.1) is 0 Å². The van der Waals surface area contributed by atoms with Crippen LogP contribution >= 0.6 is 11.8 Å². The first-order chi connectivity index (χ1) is 14.3. The summed E-state index contributed by atoms with van der Waals surface area (Å²) in [5.41, 5.74) is 6.75. The Kier molecular flexibility index (Phi) is 5.30. The normalized spacial score (nSPS) is 17.6. The summed E-state index contributed by atoms with van der Waals surface area (Å²) >= 11 is 1.89. The van der Waals surface area contributed by atoms with Gasteiger partial charge in [0, 0.05) is 15.8 Å². The second-order valence-corrected chi connectivity index (χ2v) is 9.18. The fourth-order valence-corrected chi connectivity index (χ4v) is 5.52. The van der Waals surface area contributed by atoms with E-state index in [1.807, 2.05) is 11.8 Å². The van der Waals surface area contributed by atoms with E-state index in [-0.39, 0.29) is 0 Å². The molecular weight excluding hydrogens is 370 g/mol. The quantitative estimate of drug-likeness (QED) is 0.458. The van der Waals surface area contributed by atoms with Crippen LogP contribution in [-0.4, -0.2) is 18.0 Å². The lowest BCUT2D eigenvalue weighted by molar-refractivity contribution is 0.263. The molecule has 0 aromatic heterocycles. The molecular formula is C27H27NS. The average Bonchev–Trinajstić information content (AvgIpc) is 3.33. The van der Waals surface area contributed by atoms with Gasteiger partial charge in [-0.3, -0.25) is 4.90 Å². The van der Waals surface area contributed by atoms with E-state index in [0.29, 0.717) is 6.04 Å². The number of thioether (sulfide) groups is 1. The Morgan fingerprint density at radius 2 is 1.38 bits per heavy atom. The van der Waals surface area contributed by atoms with Crippen molar-refractivity contribution in [3.05, 3.63) is 95.6 Å². The molecule has 2 heterocycles. The van der Waals surface area contributed by atoms with Gasteiger partial charge in [0.15, 0.2) is 0 Å². The second-order valence-electron chi connectivity index (χ2n) is 8.10. The zero-order valence-electron chi connectivity index (χ0n) is 17.0. The van der Waals surface area contributed by atoms with Gasteiger partial charge in [-0.05, 0) is 73.2 Å². The number of hydrogen-bond acceptors (Lipinski definition) is 2. The molecule has 146 valence electrons.